The van der Waals surface area contributed by atoms with Crippen molar-refractivity contribution >= 4 is 17.6 Å². The van der Waals surface area contributed by atoms with Crippen molar-refractivity contribution in [2.75, 3.05) is 18.5 Å². The van der Waals surface area contributed by atoms with Gasteiger partial charge in [-0.3, -0.25) is 4.79 Å². The van der Waals surface area contributed by atoms with Gasteiger partial charge in [0, 0.05) is 0 Å². The third kappa shape index (κ3) is 5.43. The van der Waals surface area contributed by atoms with Gasteiger partial charge in [-0.1, -0.05) is 24.3 Å². The van der Waals surface area contributed by atoms with Crippen LogP contribution in [0, 0.1) is 12.7 Å². The van der Waals surface area contributed by atoms with Crippen molar-refractivity contribution in [2.24, 2.45) is 0 Å². The first-order valence-electron chi connectivity index (χ1n) is 6.94. The minimum absolute atomic E-state index is 0.0320. The molecule has 0 bridgehead atoms. The number of rotatable bonds is 6. The summed E-state index contributed by atoms with van der Waals surface area (Å²) in [5, 5.41) is 2.31. The van der Waals surface area contributed by atoms with Crippen LogP contribution in [0.25, 0.3) is 0 Å². The summed E-state index contributed by atoms with van der Waals surface area (Å²) in [6.07, 6.45) is 0. The molecule has 0 radical (unpaired) electrons. The SMILES string of the molecule is Cc1cccc(OCC(=O)OCC(=O)Nc2ccccc2F)c1. The van der Waals surface area contributed by atoms with Crippen molar-refractivity contribution in [1.29, 1.82) is 0 Å². The molecule has 0 unspecified atom stereocenters. The standard InChI is InChI=1S/C17H16FNO4/c1-12-5-4-6-13(9-12)22-11-17(21)23-10-16(20)19-15-8-3-2-7-14(15)18/h2-9H,10-11H2,1H3,(H,19,20). The second kappa shape index (κ2) is 7.93. The van der Waals surface area contributed by atoms with Gasteiger partial charge < -0.3 is 14.8 Å². The Morgan fingerprint density at radius 1 is 1.09 bits per heavy atom. The van der Waals surface area contributed by atoms with Crippen LogP contribution in [0.1, 0.15) is 5.56 Å². The highest BCUT2D eigenvalue weighted by atomic mass is 19.1. The maximum atomic E-state index is 13.3. The predicted octanol–water partition coefficient (Wildman–Crippen LogP) is 2.69. The smallest absolute Gasteiger partial charge is 0.344 e. The minimum Gasteiger partial charge on any atom is -0.482 e. The largest absolute Gasteiger partial charge is 0.482 e. The number of hydrogen-bond donors (Lipinski definition) is 1. The Bertz CT molecular complexity index is 702. The second-order valence-electron chi connectivity index (χ2n) is 4.79. The maximum absolute atomic E-state index is 13.3. The zero-order valence-corrected chi connectivity index (χ0v) is 12.5. The number of benzene rings is 2. The van der Waals surface area contributed by atoms with Crippen LogP contribution in [0.3, 0.4) is 0 Å². The fraction of sp³-hybridized carbons (Fsp3) is 0.176. The highest BCUT2D eigenvalue weighted by molar-refractivity contribution is 5.92. The second-order valence-corrected chi connectivity index (χ2v) is 4.79. The zero-order chi connectivity index (χ0) is 16.7. The molecule has 0 heterocycles. The lowest BCUT2D eigenvalue weighted by molar-refractivity contribution is -0.149. The number of nitrogens with one attached hydrogen (secondary N) is 1. The first-order chi connectivity index (χ1) is 11.0. The highest BCUT2D eigenvalue weighted by Gasteiger charge is 2.10. The van der Waals surface area contributed by atoms with Crippen LogP contribution < -0.4 is 10.1 Å². The van der Waals surface area contributed by atoms with E-state index in [1.807, 2.05) is 13.0 Å². The van der Waals surface area contributed by atoms with E-state index in [0.29, 0.717) is 5.75 Å². The Kier molecular flexibility index (Phi) is 5.68. The van der Waals surface area contributed by atoms with E-state index in [0.717, 1.165) is 5.56 Å². The number of carbonyl (C=O) groups excluding carboxylic acids is 2. The summed E-state index contributed by atoms with van der Waals surface area (Å²) in [5.41, 5.74) is 1.03. The number of aryl methyl sites for hydroxylation is 1. The minimum atomic E-state index is -0.685. The first-order valence-corrected chi connectivity index (χ1v) is 6.94. The van der Waals surface area contributed by atoms with Crippen LogP contribution in [0.15, 0.2) is 48.5 Å². The third-order valence-corrected chi connectivity index (χ3v) is 2.86. The lowest BCUT2D eigenvalue weighted by Crippen LogP contribution is -2.24. The molecule has 2 rings (SSSR count). The van der Waals surface area contributed by atoms with Crippen LogP contribution in [0.4, 0.5) is 10.1 Å². The zero-order valence-electron chi connectivity index (χ0n) is 12.5. The van der Waals surface area contributed by atoms with E-state index < -0.39 is 24.3 Å². The molecule has 0 fully saturated rings. The molecule has 5 nitrogen and oxygen atoms in total. The van der Waals surface area contributed by atoms with E-state index in [2.05, 4.69) is 5.32 Å². The molecule has 120 valence electrons. The molecule has 0 spiro atoms. The molecule has 2 aromatic rings. The van der Waals surface area contributed by atoms with Crippen LogP contribution in [0.5, 0.6) is 5.75 Å². The molecule has 2 aromatic carbocycles. The van der Waals surface area contributed by atoms with Gasteiger partial charge >= 0.3 is 5.97 Å². The fourth-order valence-corrected chi connectivity index (χ4v) is 1.78. The fourth-order valence-electron chi connectivity index (χ4n) is 1.78. The average molecular weight is 317 g/mol. The Labute approximate surface area is 133 Å². The Balaban J connectivity index is 1.74. The summed E-state index contributed by atoms with van der Waals surface area (Å²) in [5.74, 6) is -1.33. The lowest BCUT2D eigenvalue weighted by atomic mass is 10.2. The molecule has 0 aromatic heterocycles. The van der Waals surface area contributed by atoms with Crippen molar-refractivity contribution in [3.05, 3.63) is 59.9 Å². The topological polar surface area (TPSA) is 64.6 Å². The van der Waals surface area contributed by atoms with Gasteiger partial charge in [-0.05, 0) is 36.8 Å². The molecule has 0 saturated carbocycles. The molecule has 0 atom stereocenters. The molecule has 0 saturated heterocycles. The monoisotopic (exact) mass is 317 g/mol. The number of amides is 1. The van der Waals surface area contributed by atoms with Crippen LogP contribution in [-0.4, -0.2) is 25.1 Å². The quantitative estimate of drug-likeness (QED) is 0.832. The van der Waals surface area contributed by atoms with Crippen LogP contribution in [0.2, 0.25) is 0 Å². The predicted molar refractivity (Wildman–Crippen MR) is 82.7 cm³/mol. The maximum Gasteiger partial charge on any atom is 0.344 e. The molecule has 0 aliphatic carbocycles. The van der Waals surface area contributed by atoms with Crippen LogP contribution >= 0.6 is 0 Å². The summed E-state index contributed by atoms with van der Waals surface area (Å²) in [6, 6.07) is 12.9. The van der Waals surface area contributed by atoms with Gasteiger partial charge in [0.05, 0.1) is 5.69 Å². The van der Waals surface area contributed by atoms with Gasteiger partial charge in [0.15, 0.2) is 13.2 Å². The van der Waals surface area contributed by atoms with Gasteiger partial charge in [0.1, 0.15) is 11.6 Å². The van der Waals surface area contributed by atoms with Crippen molar-refractivity contribution < 1.29 is 23.5 Å². The van der Waals surface area contributed by atoms with Crippen LogP contribution in [-0.2, 0) is 14.3 Å². The first kappa shape index (κ1) is 16.5. The van der Waals surface area contributed by atoms with Gasteiger partial charge in [-0.25, -0.2) is 9.18 Å². The number of halogens is 1. The number of carbonyl (C=O) groups is 2. The molecule has 1 amide bonds. The number of para-hydroxylation sites is 1. The van der Waals surface area contributed by atoms with Gasteiger partial charge in [0.25, 0.3) is 5.91 Å². The van der Waals surface area contributed by atoms with Crippen molar-refractivity contribution in [3.63, 3.8) is 0 Å². The summed E-state index contributed by atoms with van der Waals surface area (Å²) in [4.78, 5) is 23.1. The lowest BCUT2D eigenvalue weighted by Gasteiger charge is -2.08. The number of hydrogen-bond acceptors (Lipinski definition) is 4. The molecule has 6 heteroatoms. The van der Waals surface area contributed by atoms with Gasteiger partial charge in [-0.2, -0.15) is 0 Å². The summed E-state index contributed by atoms with van der Waals surface area (Å²) >= 11 is 0. The van der Waals surface area contributed by atoms with E-state index in [1.165, 1.54) is 18.2 Å². The molecule has 0 aliphatic heterocycles. The molecule has 23 heavy (non-hydrogen) atoms. The van der Waals surface area contributed by atoms with Gasteiger partial charge in [-0.15, -0.1) is 0 Å². The van der Waals surface area contributed by atoms with Crippen molar-refractivity contribution in [2.45, 2.75) is 6.92 Å². The molecular formula is C17H16FNO4. The molecular weight excluding hydrogens is 301 g/mol. The summed E-state index contributed by atoms with van der Waals surface area (Å²) < 4.78 is 23.4. The number of anilines is 1. The normalized spacial score (nSPS) is 10.0. The van der Waals surface area contributed by atoms with Gasteiger partial charge in [0.2, 0.25) is 0 Å². The van der Waals surface area contributed by atoms with E-state index >= 15 is 0 Å². The van der Waals surface area contributed by atoms with Crippen molar-refractivity contribution in [1.82, 2.24) is 0 Å². The number of esters is 1. The van der Waals surface area contributed by atoms with E-state index in [-0.39, 0.29) is 12.3 Å². The summed E-state index contributed by atoms with van der Waals surface area (Å²) in [7, 11) is 0. The van der Waals surface area contributed by atoms with E-state index in [4.69, 9.17) is 9.47 Å². The Morgan fingerprint density at radius 3 is 2.61 bits per heavy atom. The Hall–Kier alpha value is -2.89. The van der Waals surface area contributed by atoms with E-state index in [9.17, 15) is 14.0 Å². The molecule has 0 aliphatic rings. The Morgan fingerprint density at radius 2 is 1.87 bits per heavy atom. The van der Waals surface area contributed by atoms with E-state index in [1.54, 1.807) is 24.3 Å². The number of ether oxygens (including phenoxy) is 2. The van der Waals surface area contributed by atoms with Crippen molar-refractivity contribution in [3.8, 4) is 5.75 Å². The third-order valence-electron chi connectivity index (χ3n) is 2.86. The highest BCUT2D eigenvalue weighted by Crippen LogP contribution is 2.13. The summed E-state index contributed by atoms with van der Waals surface area (Å²) in [6.45, 7) is 1.08. The molecule has 1 N–H and O–H groups in total. The average Bonchev–Trinajstić information content (AvgIpc) is 2.53.